The summed E-state index contributed by atoms with van der Waals surface area (Å²) in [6, 6.07) is 23.9. The molecule has 12 N–H and O–H groups in total. The number of ether oxygens (including phenoxy) is 8. The van der Waals surface area contributed by atoms with Crippen LogP contribution in [0, 0.1) is 71.0 Å². The van der Waals surface area contributed by atoms with Gasteiger partial charge in [-0.1, -0.05) is 128 Å². The van der Waals surface area contributed by atoms with Crippen molar-refractivity contribution in [1.82, 2.24) is 0 Å². The number of rotatable bonds is 58. The zero-order chi connectivity index (χ0) is 101. The van der Waals surface area contributed by atoms with Crippen molar-refractivity contribution in [1.29, 1.82) is 0 Å². The summed E-state index contributed by atoms with van der Waals surface area (Å²) in [6.07, 6.45) is 31.6. The van der Waals surface area contributed by atoms with Gasteiger partial charge in [-0.25, -0.2) is 19.2 Å². The number of carbonyl (C=O) groups is 8. The van der Waals surface area contributed by atoms with E-state index in [1.807, 2.05) is 90.1 Å². The molecule has 0 aliphatic heterocycles. The first-order valence-corrected chi connectivity index (χ1v) is 53.3. The predicted molar refractivity (Wildman–Crippen MR) is 529 cm³/mol. The van der Waals surface area contributed by atoms with E-state index in [2.05, 4.69) is 24.3 Å². The van der Waals surface area contributed by atoms with Crippen LogP contribution in [0.1, 0.15) is 330 Å². The second-order valence-electron chi connectivity index (χ2n) is 41.3. The Hall–Kier alpha value is -8.48. The molecule has 8 aliphatic carbocycles. The van der Waals surface area contributed by atoms with Crippen LogP contribution in [0.2, 0.25) is 0 Å². The zero-order valence-corrected chi connectivity index (χ0v) is 84.3. The predicted octanol–water partition coefficient (Wildman–Crippen LogP) is 17.2. The van der Waals surface area contributed by atoms with Crippen molar-refractivity contribution in [2.75, 3.05) is 39.6 Å². The fourth-order valence-corrected chi connectivity index (χ4v) is 23.3. The van der Waals surface area contributed by atoms with E-state index >= 15 is 0 Å². The number of hydrogen-bond donors (Lipinski definition) is 12. The van der Waals surface area contributed by atoms with E-state index in [1.54, 1.807) is 0 Å². The van der Waals surface area contributed by atoms with E-state index in [0.717, 1.165) is 276 Å². The lowest BCUT2D eigenvalue weighted by atomic mass is 9.73. The molecule has 4 fully saturated rings. The lowest BCUT2D eigenvalue weighted by molar-refractivity contribution is -0.151. The highest BCUT2D eigenvalue weighted by Gasteiger charge is 2.50. The molecule has 140 heavy (non-hydrogen) atoms. The number of carboxylic acids is 4. The Labute approximate surface area is 829 Å². The summed E-state index contributed by atoms with van der Waals surface area (Å²) < 4.78 is 45.0. The molecule has 28 heteroatoms. The Morgan fingerprint density at radius 2 is 0.529 bits per heavy atom. The monoisotopic (exact) mass is 1960 g/mol. The average molecular weight is 1960 g/mol. The lowest BCUT2D eigenvalue weighted by Gasteiger charge is -2.32. The number of hydrogen-bond acceptors (Lipinski definition) is 24. The van der Waals surface area contributed by atoms with Crippen molar-refractivity contribution in [2.45, 2.75) is 398 Å². The normalized spacial score (nSPS) is 24.3. The number of aliphatic hydroxyl groups excluding tert-OH is 8. The molecule has 0 amide bonds. The third-order valence-electron chi connectivity index (χ3n) is 31.2. The molecule has 2 unspecified atom stereocenters. The van der Waals surface area contributed by atoms with Gasteiger partial charge in [0.15, 0.2) is 26.4 Å². The van der Waals surface area contributed by atoms with E-state index in [9.17, 15) is 79.2 Å². The highest BCUT2D eigenvalue weighted by atomic mass is 16.6. The van der Waals surface area contributed by atoms with Crippen LogP contribution in [0.4, 0.5) is 0 Å². The molecular formula is C112H168O28. The number of benzene rings is 4. The van der Waals surface area contributed by atoms with Gasteiger partial charge in [-0.15, -0.1) is 0 Å². The second kappa shape index (κ2) is 61.0. The van der Waals surface area contributed by atoms with Gasteiger partial charge in [-0.05, 0) is 372 Å². The number of carboxylic acid groups (broad SMARTS) is 4. The summed E-state index contributed by atoms with van der Waals surface area (Å²) in [4.78, 5) is 91.0. The van der Waals surface area contributed by atoms with Gasteiger partial charge in [0.05, 0.1) is 74.3 Å². The maximum absolute atomic E-state index is 12.4. The van der Waals surface area contributed by atoms with Crippen molar-refractivity contribution in [3.63, 3.8) is 0 Å². The van der Waals surface area contributed by atoms with Gasteiger partial charge < -0.3 is 99.2 Å². The number of unbranched alkanes of at least 4 members (excludes halogenated alkanes) is 12. The van der Waals surface area contributed by atoms with Gasteiger partial charge in [-0.2, -0.15) is 0 Å². The van der Waals surface area contributed by atoms with Gasteiger partial charge in [0.25, 0.3) is 0 Å². The number of esters is 4. The van der Waals surface area contributed by atoms with Crippen LogP contribution in [0.5, 0.6) is 23.0 Å². The Bertz CT molecular complexity index is 4420. The first-order valence-electron chi connectivity index (χ1n) is 53.3. The van der Waals surface area contributed by atoms with Crippen molar-refractivity contribution in [3.8, 4) is 23.0 Å². The molecule has 4 aromatic rings. The fraction of sp³-hybridized carbons (Fsp3) is 0.714. The van der Waals surface area contributed by atoms with Crippen molar-refractivity contribution in [2.24, 2.45) is 71.0 Å². The SMILES string of the molecule is CC[C@H](O)CC[C@@H]1[C@H]2Cc3cccc(OCC(=O)OC(C)CCCCCC(=O)O)c3C[C@H]2C[C@H]1O.CC[C@H](O)CC[C@@H]1[C@H]2Cc3cccc(OCC(=O)OC(C)CCCCCCC(=O)O)c3C[C@H]2C[C@H]1O.CC[C@H](O)CC[C@@H]1[C@H]2Cc3cccc(OCC(=O)OCCCCCCC(=O)O)c3C[C@H]2C[C@H]1O.CC[C@H](O)CC[C@@H]1[C@H]2Cc3cccc(OCC(=O)OCCCCCCCC(=O)O)c3C[C@H]2C[C@H]1O. The number of fused-ring (bicyclic) bond motifs is 8. The topological polar surface area (TPSA) is 453 Å². The van der Waals surface area contributed by atoms with Gasteiger partial charge in [-0.3, -0.25) is 19.2 Å². The first-order chi connectivity index (χ1) is 67.3. The number of aliphatic hydroxyl groups is 8. The lowest BCUT2D eigenvalue weighted by Crippen LogP contribution is -2.28. The van der Waals surface area contributed by atoms with Gasteiger partial charge in [0.2, 0.25) is 0 Å². The molecule has 0 spiro atoms. The maximum Gasteiger partial charge on any atom is 0.344 e. The van der Waals surface area contributed by atoms with Gasteiger partial charge in [0.1, 0.15) is 23.0 Å². The van der Waals surface area contributed by atoms with Crippen molar-refractivity contribution < 1.29 is 138 Å². The average Bonchev–Trinajstić information content (AvgIpc) is 1.61. The molecule has 784 valence electrons. The maximum atomic E-state index is 12.4. The summed E-state index contributed by atoms with van der Waals surface area (Å²) in [7, 11) is 0. The standard InChI is InChI=1S/C29H44O7.2C28H42O7.C27H40O7/c1-3-22(30)13-14-23-24-15-20-10-8-11-27(25(20)16-21(24)17-26(23)31)35-18-29(34)36-19(2)9-6-4-5-7-12-28(32)33;1-3-21(29)12-13-22-23-14-19-9-7-10-26(24(19)15-20(23)16-25(22)30)34-17-28(33)35-18(2)8-5-4-6-11-27(31)32;1-2-21(29)12-13-22-23-15-19-9-8-10-26(24(19)16-20(23)17-25(22)30)35-18-28(33)34-14-7-5-3-4-6-11-27(31)32;1-2-20(28)11-12-21-22-14-18-8-7-9-25(23(18)15-19(22)16-24(21)29)34-17-27(32)33-13-6-4-3-5-10-26(30)31/h8,10-11,19,21-24,26,30-31H,3-7,9,12-18H2,1-2H3,(H,32,33);7,9-10,18,20-23,25,29-30H,3-6,8,11-17H2,1-2H3,(H,31,32);8-10,20-23,25,29-30H,2-7,11-18H2,1H3,(H,31,32);7-9,19-22,24,28-29H,2-6,10-17H2,1H3,(H,30,31)/t19?,21-,22-,23+,24-,26+;18?,20-,21-,22+,23-,25+;20-,21-,22+,23-,25+;19-,20-,21+,22-,24+/m0000/s1. The minimum Gasteiger partial charge on any atom is -0.482 e. The molecule has 8 aliphatic rings. The Kier molecular flexibility index (Phi) is 50.1. The molecule has 4 aromatic carbocycles. The van der Waals surface area contributed by atoms with E-state index in [0.29, 0.717) is 99.1 Å². The summed E-state index contributed by atoms with van der Waals surface area (Å²) in [6.45, 7) is 11.8. The molecular weight excluding hydrogens is 1790 g/mol. The van der Waals surface area contributed by atoms with E-state index in [1.165, 1.54) is 22.3 Å². The summed E-state index contributed by atoms with van der Waals surface area (Å²) in [5.74, 6) is 2.40. The molecule has 12 rings (SSSR count). The van der Waals surface area contributed by atoms with Crippen molar-refractivity contribution >= 4 is 47.8 Å². The second-order valence-corrected chi connectivity index (χ2v) is 41.3. The van der Waals surface area contributed by atoms with E-state index < -0.39 is 35.8 Å². The first kappa shape index (κ1) is 115. The quantitative estimate of drug-likeness (QED) is 0.0111. The summed E-state index contributed by atoms with van der Waals surface area (Å²) in [5, 5.41) is 117. The fourth-order valence-electron chi connectivity index (χ4n) is 23.3. The molecule has 0 saturated heterocycles. The zero-order valence-electron chi connectivity index (χ0n) is 84.3. The van der Waals surface area contributed by atoms with Gasteiger partial charge >= 0.3 is 47.8 Å². The van der Waals surface area contributed by atoms with Crippen LogP contribution in [0.3, 0.4) is 0 Å². The van der Waals surface area contributed by atoms with Crippen LogP contribution in [-0.4, -0.2) is 210 Å². The third kappa shape index (κ3) is 37.9. The molecule has 22 atom stereocenters. The number of carbonyl (C=O) groups excluding carboxylic acids is 4. The Morgan fingerprint density at radius 3 is 0.779 bits per heavy atom. The minimum absolute atomic E-state index is 0.122. The minimum atomic E-state index is -0.781. The molecule has 0 bridgehead atoms. The van der Waals surface area contributed by atoms with Crippen LogP contribution in [0.15, 0.2) is 72.8 Å². The highest BCUT2D eigenvalue weighted by Crippen LogP contribution is 2.53. The smallest absolute Gasteiger partial charge is 0.344 e. The highest BCUT2D eigenvalue weighted by molar-refractivity contribution is 5.73. The molecule has 4 saturated carbocycles. The Balaban J connectivity index is 0.000000209. The Morgan fingerprint density at radius 1 is 0.300 bits per heavy atom. The van der Waals surface area contributed by atoms with Crippen LogP contribution in [-0.2, 0) is 109 Å². The van der Waals surface area contributed by atoms with Crippen LogP contribution >= 0.6 is 0 Å². The van der Waals surface area contributed by atoms with E-state index in [4.69, 9.17) is 58.3 Å². The van der Waals surface area contributed by atoms with Crippen molar-refractivity contribution in [3.05, 3.63) is 117 Å². The summed E-state index contributed by atoms with van der Waals surface area (Å²) >= 11 is 0. The van der Waals surface area contributed by atoms with E-state index in [-0.39, 0.29) is 149 Å². The largest absolute Gasteiger partial charge is 0.482 e. The molecule has 28 nitrogen and oxygen atoms in total. The van der Waals surface area contributed by atoms with Crippen LogP contribution in [0.25, 0.3) is 0 Å². The third-order valence-corrected chi connectivity index (χ3v) is 31.2. The molecule has 0 radical (unpaired) electrons. The van der Waals surface area contributed by atoms with Gasteiger partial charge in [0, 0.05) is 25.7 Å². The number of aliphatic carboxylic acids is 4. The molecule has 0 heterocycles. The molecule has 0 aromatic heterocycles. The van der Waals surface area contributed by atoms with Crippen LogP contribution < -0.4 is 18.9 Å². The summed E-state index contributed by atoms with van der Waals surface area (Å²) in [5.41, 5.74) is 9.46.